The third-order valence-corrected chi connectivity index (χ3v) is 3.61. The van der Waals surface area contributed by atoms with Crippen LogP contribution in [0.25, 0.3) is 11.5 Å². The third kappa shape index (κ3) is 3.81. The molecule has 0 aliphatic carbocycles. The van der Waals surface area contributed by atoms with Gasteiger partial charge in [0.2, 0.25) is 11.6 Å². The number of halogens is 1. The van der Waals surface area contributed by atoms with Crippen LogP contribution in [0.15, 0.2) is 40.8 Å². The number of methoxy groups -OCH3 is 3. The zero-order valence-electron chi connectivity index (χ0n) is 14.8. The molecule has 140 valence electrons. The van der Waals surface area contributed by atoms with E-state index in [-0.39, 0.29) is 11.8 Å². The second-order valence-electron chi connectivity index (χ2n) is 5.29. The Hall–Kier alpha value is -3.62. The number of anilines is 1. The van der Waals surface area contributed by atoms with Crippen LogP contribution in [0.2, 0.25) is 0 Å². The summed E-state index contributed by atoms with van der Waals surface area (Å²) in [6, 6.07) is 8.74. The number of amides is 1. The highest BCUT2D eigenvalue weighted by Gasteiger charge is 2.19. The van der Waals surface area contributed by atoms with Gasteiger partial charge in [-0.1, -0.05) is 6.07 Å². The predicted octanol–water partition coefficient (Wildman–Crippen LogP) is 3.15. The Morgan fingerprint density at radius 2 is 1.74 bits per heavy atom. The van der Waals surface area contributed by atoms with E-state index in [4.69, 9.17) is 18.6 Å². The molecule has 3 aromatic rings. The Labute approximate surface area is 153 Å². The first-order valence-corrected chi connectivity index (χ1v) is 7.76. The second-order valence-corrected chi connectivity index (χ2v) is 5.29. The number of aromatic nitrogens is 2. The van der Waals surface area contributed by atoms with Crippen molar-refractivity contribution in [3.63, 3.8) is 0 Å². The van der Waals surface area contributed by atoms with Crippen LogP contribution in [0.3, 0.4) is 0 Å². The van der Waals surface area contributed by atoms with E-state index in [9.17, 15) is 9.18 Å². The molecule has 0 atom stereocenters. The van der Waals surface area contributed by atoms with Crippen LogP contribution in [0.5, 0.6) is 17.2 Å². The van der Waals surface area contributed by atoms with Gasteiger partial charge in [-0.25, -0.2) is 4.39 Å². The number of nitrogens with zero attached hydrogens (tertiary/aromatic N) is 2. The van der Waals surface area contributed by atoms with Gasteiger partial charge in [-0.05, 0) is 18.2 Å². The second kappa shape index (κ2) is 7.73. The molecule has 1 N–H and O–H groups in total. The summed E-state index contributed by atoms with van der Waals surface area (Å²) >= 11 is 0. The van der Waals surface area contributed by atoms with Crippen LogP contribution in [0.4, 0.5) is 10.1 Å². The maximum Gasteiger partial charge on any atom is 0.313 e. The standard InChI is InChI=1S/C18H16FN3O5/c1-24-13-8-12(9-14(25-2)15(13)26-3)20-16(23)18-22-21-17(27-18)10-5-4-6-11(19)7-10/h4-9H,1-3H3,(H,20,23). The fourth-order valence-electron chi connectivity index (χ4n) is 2.39. The van der Waals surface area contributed by atoms with E-state index in [0.29, 0.717) is 28.5 Å². The topological polar surface area (TPSA) is 95.7 Å². The molecule has 1 amide bonds. The Morgan fingerprint density at radius 1 is 1.04 bits per heavy atom. The number of hydrogen-bond donors (Lipinski definition) is 1. The summed E-state index contributed by atoms with van der Waals surface area (Å²) in [6.45, 7) is 0. The molecule has 0 bridgehead atoms. The molecule has 3 rings (SSSR count). The summed E-state index contributed by atoms with van der Waals surface area (Å²) in [6.07, 6.45) is 0. The molecule has 1 aromatic heterocycles. The molecule has 0 aliphatic rings. The highest BCUT2D eigenvalue weighted by atomic mass is 19.1. The zero-order valence-corrected chi connectivity index (χ0v) is 14.8. The summed E-state index contributed by atoms with van der Waals surface area (Å²) in [5, 5.41) is 10.1. The Bertz CT molecular complexity index is 948. The highest BCUT2D eigenvalue weighted by Crippen LogP contribution is 2.40. The number of nitrogens with one attached hydrogen (secondary N) is 1. The van der Waals surface area contributed by atoms with Gasteiger partial charge < -0.3 is 23.9 Å². The van der Waals surface area contributed by atoms with Crippen LogP contribution in [-0.4, -0.2) is 37.4 Å². The molecular weight excluding hydrogens is 357 g/mol. The van der Waals surface area contributed by atoms with Crippen molar-refractivity contribution in [3.8, 4) is 28.7 Å². The molecule has 0 spiro atoms. The van der Waals surface area contributed by atoms with Crippen LogP contribution < -0.4 is 19.5 Å². The Kier molecular flexibility index (Phi) is 5.20. The minimum Gasteiger partial charge on any atom is -0.493 e. The van der Waals surface area contributed by atoms with Crippen LogP contribution in [0.1, 0.15) is 10.7 Å². The van der Waals surface area contributed by atoms with Crippen molar-refractivity contribution in [3.05, 3.63) is 48.1 Å². The van der Waals surface area contributed by atoms with Gasteiger partial charge in [-0.3, -0.25) is 4.79 Å². The molecule has 0 saturated carbocycles. The van der Waals surface area contributed by atoms with Gasteiger partial charge >= 0.3 is 11.8 Å². The summed E-state index contributed by atoms with van der Waals surface area (Å²) in [5.41, 5.74) is 0.745. The maximum absolute atomic E-state index is 13.3. The smallest absolute Gasteiger partial charge is 0.313 e. The van der Waals surface area contributed by atoms with Gasteiger partial charge in [0.1, 0.15) is 5.82 Å². The SMILES string of the molecule is COc1cc(NC(=O)c2nnc(-c3cccc(F)c3)o2)cc(OC)c1OC. The average Bonchev–Trinajstić information content (AvgIpc) is 3.17. The van der Waals surface area contributed by atoms with Crippen molar-refractivity contribution < 1.29 is 27.8 Å². The van der Waals surface area contributed by atoms with E-state index >= 15 is 0 Å². The van der Waals surface area contributed by atoms with E-state index in [1.54, 1.807) is 18.2 Å². The molecule has 0 radical (unpaired) electrons. The largest absolute Gasteiger partial charge is 0.493 e. The molecular formula is C18H16FN3O5. The number of carbonyl (C=O) groups is 1. The number of ether oxygens (including phenoxy) is 3. The Balaban J connectivity index is 1.84. The minimum absolute atomic E-state index is 0.0320. The summed E-state index contributed by atoms with van der Waals surface area (Å²) in [5.74, 6) is -0.193. The average molecular weight is 373 g/mol. The fourth-order valence-corrected chi connectivity index (χ4v) is 2.39. The van der Waals surface area contributed by atoms with Crippen molar-refractivity contribution in [2.75, 3.05) is 26.6 Å². The van der Waals surface area contributed by atoms with Crippen LogP contribution in [-0.2, 0) is 0 Å². The van der Waals surface area contributed by atoms with Crippen LogP contribution in [0, 0.1) is 5.82 Å². The van der Waals surface area contributed by atoms with E-state index in [0.717, 1.165) is 0 Å². The number of rotatable bonds is 6. The van der Waals surface area contributed by atoms with E-state index < -0.39 is 11.7 Å². The predicted molar refractivity (Wildman–Crippen MR) is 93.7 cm³/mol. The number of carbonyl (C=O) groups excluding carboxylic acids is 1. The van der Waals surface area contributed by atoms with E-state index in [2.05, 4.69) is 15.5 Å². The summed E-state index contributed by atoms with van der Waals surface area (Å²) in [4.78, 5) is 12.4. The third-order valence-electron chi connectivity index (χ3n) is 3.61. The van der Waals surface area contributed by atoms with E-state index in [1.165, 1.54) is 39.5 Å². The lowest BCUT2D eigenvalue weighted by atomic mass is 10.2. The van der Waals surface area contributed by atoms with E-state index in [1.807, 2.05) is 0 Å². The van der Waals surface area contributed by atoms with Gasteiger partial charge in [0.05, 0.1) is 21.3 Å². The highest BCUT2D eigenvalue weighted by molar-refractivity contribution is 6.01. The molecule has 0 fully saturated rings. The minimum atomic E-state index is -0.639. The van der Waals surface area contributed by atoms with Gasteiger partial charge in [0, 0.05) is 23.4 Å². The van der Waals surface area contributed by atoms with Crippen LogP contribution >= 0.6 is 0 Å². The first-order valence-electron chi connectivity index (χ1n) is 7.76. The number of hydrogen-bond acceptors (Lipinski definition) is 7. The lowest BCUT2D eigenvalue weighted by Gasteiger charge is -2.14. The van der Waals surface area contributed by atoms with Gasteiger partial charge in [-0.15, -0.1) is 10.2 Å². The molecule has 27 heavy (non-hydrogen) atoms. The fraction of sp³-hybridized carbons (Fsp3) is 0.167. The molecule has 1 heterocycles. The maximum atomic E-state index is 13.3. The quantitative estimate of drug-likeness (QED) is 0.709. The van der Waals surface area contributed by atoms with Gasteiger partial charge in [0.15, 0.2) is 11.5 Å². The monoisotopic (exact) mass is 373 g/mol. The first kappa shape index (κ1) is 18.2. The Morgan fingerprint density at radius 3 is 2.33 bits per heavy atom. The van der Waals surface area contributed by atoms with Crippen molar-refractivity contribution >= 4 is 11.6 Å². The molecule has 0 saturated heterocycles. The summed E-state index contributed by atoms with van der Waals surface area (Å²) < 4.78 is 34.3. The first-order chi connectivity index (χ1) is 13.0. The van der Waals surface area contributed by atoms with Crippen molar-refractivity contribution in [2.45, 2.75) is 0 Å². The van der Waals surface area contributed by atoms with Crippen molar-refractivity contribution in [1.82, 2.24) is 10.2 Å². The van der Waals surface area contributed by atoms with Gasteiger partial charge in [-0.2, -0.15) is 0 Å². The molecule has 8 nitrogen and oxygen atoms in total. The zero-order chi connectivity index (χ0) is 19.4. The molecule has 2 aromatic carbocycles. The molecule has 9 heteroatoms. The summed E-state index contributed by atoms with van der Waals surface area (Å²) in [7, 11) is 4.41. The lowest BCUT2D eigenvalue weighted by molar-refractivity contribution is 0.0991. The lowest BCUT2D eigenvalue weighted by Crippen LogP contribution is -2.12. The number of benzene rings is 2. The van der Waals surface area contributed by atoms with Crippen molar-refractivity contribution in [1.29, 1.82) is 0 Å². The normalized spacial score (nSPS) is 10.4. The molecule has 0 unspecified atom stereocenters. The van der Waals surface area contributed by atoms with Crippen molar-refractivity contribution in [2.24, 2.45) is 0 Å². The van der Waals surface area contributed by atoms with Gasteiger partial charge in [0.25, 0.3) is 0 Å². The molecule has 0 aliphatic heterocycles.